The molecule has 2 aromatic heterocycles. The highest BCUT2D eigenvalue weighted by Gasteiger charge is 2.43. The van der Waals surface area contributed by atoms with Crippen LogP contribution in [0.25, 0.3) is 16.0 Å². The summed E-state index contributed by atoms with van der Waals surface area (Å²) in [5.74, 6) is 0. The van der Waals surface area contributed by atoms with Crippen molar-refractivity contribution in [1.29, 1.82) is 0 Å². The second kappa shape index (κ2) is 4.21. The minimum Gasteiger partial charge on any atom is -0.314 e. The monoisotopic (exact) mass is 256 g/mol. The van der Waals surface area contributed by atoms with Crippen LogP contribution in [0.5, 0.6) is 0 Å². The minimum atomic E-state index is -0.175. The van der Waals surface area contributed by atoms with Crippen LogP contribution in [0.1, 0.15) is 11.4 Å². The predicted molar refractivity (Wildman–Crippen MR) is 71.6 cm³/mol. The topological polar surface area (TPSA) is 62.9 Å². The van der Waals surface area contributed by atoms with E-state index in [1.54, 1.807) is 0 Å². The lowest BCUT2D eigenvalue weighted by Crippen LogP contribution is -2.62. The summed E-state index contributed by atoms with van der Waals surface area (Å²) in [4.78, 5) is 3.54. The van der Waals surface area contributed by atoms with Gasteiger partial charge in [0.1, 0.15) is 0 Å². The van der Waals surface area contributed by atoms with Gasteiger partial charge in [0.15, 0.2) is 5.54 Å². The molecule has 0 amide bonds. The number of hydrogen-bond acceptors (Lipinski definition) is 3. The number of aromatic nitrogens is 4. The van der Waals surface area contributed by atoms with Crippen molar-refractivity contribution in [2.75, 3.05) is 19.6 Å². The van der Waals surface area contributed by atoms with E-state index in [-0.39, 0.29) is 5.54 Å². The second-order valence-corrected chi connectivity index (χ2v) is 5.13. The van der Waals surface area contributed by atoms with Crippen LogP contribution in [0.2, 0.25) is 0 Å². The van der Waals surface area contributed by atoms with Crippen LogP contribution in [0.4, 0.5) is 0 Å². The number of nitrogens with one attached hydrogen (secondary N) is 2. The zero-order valence-electron chi connectivity index (χ0n) is 11.1. The molecule has 0 aliphatic carbocycles. The molecular formula is C13H16N6. The summed E-state index contributed by atoms with van der Waals surface area (Å²) in [6.45, 7) is 13.2. The van der Waals surface area contributed by atoms with Gasteiger partial charge in [0.05, 0.1) is 11.9 Å². The van der Waals surface area contributed by atoms with Crippen molar-refractivity contribution in [1.82, 2.24) is 25.3 Å². The summed E-state index contributed by atoms with van der Waals surface area (Å²) in [5, 5.41) is 14.9. The van der Waals surface area contributed by atoms with Crippen LogP contribution < -0.4 is 5.32 Å². The summed E-state index contributed by atoms with van der Waals surface area (Å²) >= 11 is 0. The maximum Gasteiger partial charge on any atom is 0.242 e. The van der Waals surface area contributed by atoms with E-state index in [4.69, 9.17) is 6.57 Å². The smallest absolute Gasteiger partial charge is 0.242 e. The molecule has 1 aliphatic heterocycles. The first-order valence-electron chi connectivity index (χ1n) is 6.27. The van der Waals surface area contributed by atoms with E-state index in [0.29, 0.717) is 6.54 Å². The molecule has 6 heteroatoms. The summed E-state index contributed by atoms with van der Waals surface area (Å²) in [6, 6.07) is 0. The zero-order chi connectivity index (χ0) is 13.5. The average Bonchev–Trinajstić information content (AvgIpc) is 2.91. The highest BCUT2D eigenvalue weighted by molar-refractivity contribution is 5.66. The molecule has 3 heterocycles. The van der Waals surface area contributed by atoms with Gasteiger partial charge in [0, 0.05) is 36.1 Å². The van der Waals surface area contributed by atoms with Crippen molar-refractivity contribution >= 4 is 0 Å². The fourth-order valence-electron chi connectivity index (χ4n) is 2.59. The lowest BCUT2D eigenvalue weighted by atomic mass is 9.93. The molecule has 0 saturated carbocycles. The summed E-state index contributed by atoms with van der Waals surface area (Å²) in [5.41, 5.74) is 4.01. The molecule has 1 saturated heterocycles. The third kappa shape index (κ3) is 1.74. The molecule has 2 aromatic rings. The zero-order valence-corrected chi connectivity index (χ0v) is 11.1. The van der Waals surface area contributed by atoms with Gasteiger partial charge < -0.3 is 10.2 Å². The largest absolute Gasteiger partial charge is 0.314 e. The fourth-order valence-corrected chi connectivity index (χ4v) is 2.59. The van der Waals surface area contributed by atoms with Crippen molar-refractivity contribution in [3.63, 3.8) is 0 Å². The van der Waals surface area contributed by atoms with Crippen molar-refractivity contribution in [2.24, 2.45) is 0 Å². The van der Waals surface area contributed by atoms with E-state index < -0.39 is 0 Å². The number of aromatic amines is 1. The van der Waals surface area contributed by atoms with Gasteiger partial charge in [0.25, 0.3) is 0 Å². The molecule has 0 radical (unpaired) electrons. The van der Waals surface area contributed by atoms with E-state index in [0.717, 1.165) is 35.6 Å². The Morgan fingerprint density at radius 2 is 2.26 bits per heavy atom. The Labute approximate surface area is 111 Å². The van der Waals surface area contributed by atoms with Gasteiger partial charge in [-0.15, -0.1) is 0 Å². The molecule has 6 nitrogen and oxygen atoms in total. The standard InChI is InChI=1S/C13H16N6/c1-9-12(10(2)18-17-9)11-4-16-19(5-11)13(6-14-3)7-15-8-13/h4-5,15H,6-8H2,1-2H3,(H,17,18). The maximum atomic E-state index is 7.10. The normalized spacial score (nSPS) is 16.9. The van der Waals surface area contributed by atoms with Crippen LogP contribution >= 0.6 is 0 Å². The molecule has 3 rings (SSSR count). The first-order chi connectivity index (χ1) is 9.16. The van der Waals surface area contributed by atoms with Gasteiger partial charge in [-0.25, -0.2) is 6.57 Å². The van der Waals surface area contributed by atoms with Gasteiger partial charge in [-0.2, -0.15) is 10.2 Å². The van der Waals surface area contributed by atoms with Crippen molar-refractivity contribution in [3.8, 4) is 11.1 Å². The summed E-state index contributed by atoms with van der Waals surface area (Å²) in [7, 11) is 0. The van der Waals surface area contributed by atoms with E-state index in [1.165, 1.54) is 0 Å². The Kier molecular flexibility index (Phi) is 2.64. The highest BCUT2D eigenvalue weighted by atomic mass is 15.4. The SMILES string of the molecule is [C-]#[N+]CC1(n2cc(-c3c(C)n[nH]c3C)cn2)CNC1. The highest BCUT2D eigenvalue weighted by Crippen LogP contribution is 2.28. The van der Waals surface area contributed by atoms with Crippen LogP contribution in [0, 0.1) is 20.4 Å². The van der Waals surface area contributed by atoms with E-state index in [9.17, 15) is 0 Å². The first-order valence-corrected chi connectivity index (χ1v) is 6.27. The minimum absolute atomic E-state index is 0.175. The molecule has 0 bridgehead atoms. The van der Waals surface area contributed by atoms with Crippen LogP contribution in [-0.4, -0.2) is 39.6 Å². The van der Waals surface area contributed by atoms with Crippen molar-refractivity contribution in [3.05, 3.63) is 35.2 Å². The fraction of sp³-hybridized carbons (Fsp3) is 0.462. The molecule has 0 spiro atoms. The lowest BCUT2D eigenvalue weighted by Gasteiger charge is -2.38. The Balaban J connectivity index is 1.98. The number of H-pyrrole nitrogens is 1. The lowest BCUT2D eigenvalue weighted by molar-refractivity contribution is 0.175. The molecule has 1 aliphatic rings. The Bertz CT molecular complexity index is 621. The Hall–Kier alpha value is -2.13. The third-order valence-corrected chi connectivity index (χ3v) is 3.77. The third-order valence-electron chi connectivity index (χ3n) is 3.77. The van der Waals surface area contributed by atoms with E-state index in [1.807, 2.05) is 30.9 Å². The van der Waals surface area contributed by atoms with Gasteiger partial charge in [0.2, 0.25) is 6.54 Å². The Morgan fingerprint density at radius 3 is 2.79 bits per heavy atom. The number of hydrogen-bond donors (Lipinski definition) is 2. The van der Waals surface area contributed by atoms with Gasteiger partial charge in [-0.05, 0) is 13.8 Å². The average molecular weight is 256 g/mol. The summed E-state index contributed by atoms with van der Waals surface area (Å²) < 4.78 is 1.93. The van der Waals surface area contributed by atoms with Gasteiger partial charge in [-0.1, -0.05) is 0 Å². The first kappa shape index (κ1) is 11.9. The molecule has 19 heavy (non-hydrogen) atoms. The van der Waals surface area contributed by atoms with Crippen molar-refractivity contribution in [2.45, 2.75) is 19.4 Å². The molecule has 2 N–H and O–H groups in total. The van der Waals surface area contributed by atoms with E-state index in [2.05, 4.69) is 25.5 Å². The second-order valence-electron chi connectivity index (χ2n) is 5.13. The number of aryl methyl sites for hydroxylation is 2. The van der Waals surface area contributed by atoms with Gasteiger partial charge >= 0.3 is 0 Å². The van der Waals surface area contributed by atoms with Crippen molar-refractivity contribution < 1.29 is 0 Å². The van der Waals surface area contributed by atoms with Crippen LogP contribution in [0.15, 0.2) is 12.4 Å². The molecule has 0 aromatic carbocycles. The Morgan fingerprint density at radius 1 is 1.47 bits per heavy atom. The number of nitrogens with zero attached hydrogens (tertiary/aromatic N) is 4. The quantitative estimate of drug-likeness (QED) is 0.809. The van der Waals surface area contributed by atoms with Gasteiger partial charge in [-0.3, -0.25) is 9.78 Å². The van der Waals surface area contributed by atoms with Crippen LogP contribution in [-0.2, 0) is 5.54 Å². The predicted octanol–water partition coefficient (Wildman–Crippen LogP) is 1.11. The number of rotatable bonds is 3. The molecule has 0 atom stereocenters. The molecule has 1 fully saturated rings. The molecule has 98 valence electrons. The summed E-state index contributed by atoms with van der Waals surface area (Å²) in [6.07, 6.45) is 3.88. The molecular weight excluding hydrogens is 240 g/mol. The molecule has 0 unspecified atom stereocenters. The van der Waals surface area contributed by atoms with Crippen LogP contribution in [0.3, 0.4) is 0 Å². The maximum absolute atomic E-state index is 7.10. The van der Waals surface area contributed by atoms with E-state index >= 15 is 0 Å².